The second kappa shape index (κ2) is 6.31. The molecule has 1 aliphatic rings. The minimum Gasteiger partial charge on any atom is -0.379 e. The van der Waals surface area contributed by atoms with Crippen LogP contribution in [-0.2, 0) is 14.8 Å². The van der Waals surface area contributed by atoms with Crippen molar-refractivity contribution in [2.24, 2.45) is 0 Å². The Morgan fingerprint density at radius 3 is 2.65 bits per heavy atom. The molecule has 0 radical (unpaired) electrons. The van der Waals surface area contributed by atoms with Gasteiger partial charge in [-0.05, 0) is 36.8 Å². The lowest BCUT2D eigenvalue weighted by Crippen LogP contribution is -2.40. The molecule has 0 unspecified atom stereocenters. The maximum atomic E-state index is 12.9. The molecule has 3 aromatic rings. The largest absolute Gasteiger partial charge is 0.379 e. The number of ether oxygens (including phenoxy) is 1. The summed E-state index contributed by atoms with van der Waals surface area (Å²) in [6.07, 6.45) is 1.78. The summed E-state index contributed by atoms with van der Waals surface area (Å²) < 4.78 is 34.1. The number of morpholine rings is 1. The molecular formula is C17H16ClN3O4S. The summed E-state index contributed by atoms with van der Waals surface area (Å²) in [7, 11) is -3.82. The molecule has 2 aromatic heterocycles. The number of aromatic nitrogens is 2. The lowest BCUT2D eigenvalue weighted by atomic mass is 10.2. The van der Waals surface area contributed by atoms with E-state index in [0.717, 1.165) is 5.56 Å². The zero-order chi connectivity index (χ0) is 18.5. The van der Waals surface area contributed by atoms with Crippen LogP contribution < -0.4 is 5.56 Å². The van der Waals surface area contributed by atoms with E-state index in [1.165, 1.54) is 16.4 Å². The Balaban J connectivity index is 1.97. The highest BCUT2D eigenvalue weighted by Crippen LogP contribution is 2.29. The van der Waals surface area contributed by atoms with E-state index in [1.54, 1.807) is 16.7 Å². The Morgan fingerprint density at radius 2 is 1.92 bits per heavy atom. The molecule has 1 aliphatic heterocycles. The fraction of sp³-hybridized carbons (Fsp3) is 0.294. The van der Waals surface area contributed by atoms with Gasteiger partial charge >= 0.3 is 0 Å². The monoisotopic (exact) mass is 393 g/mol. The number of pyridine rings is 1. The molecule has 0 atom stereocenters. The quantitative estimate of drug-likeness (QED) is 0.620. The zero-order valence-electron chi connectivity index (χ0n) is 14.0. The van der Waals surface area contributed by atoms with Crippen LogP contribution in [0.5, 0.6) is 0 Å². The van der Waals surface area contributed by atoms with E-state index in [-0.39, 0.29) is 28.4 Å². The molecule has 0 saturated carbocycles. The number of rotatable bonds is 2. The van der Waals surface area contributed by atoms with Crippen molar-refractivity contribution in [1.29, 1.82) is 0 Å². The molecule has 7 nitrogen and oxygen atoms in total. The van der Waals surface area contributed by atoms with E-state index in [4.69, 9.17) is 16.3 Å². The van der Waals surface area contributed by atoms with Gasteiger partial charge in [-0.25, -0.2) is 8.42 Å². The van der Waals surface area contributed by atoms with Crippen molar-refractivity contribution >= 4 is 38.2 Å². The topological polar surface area (TPSA) is 81.0 Å². The fourth-order valence-electron chi connectivity index (χ4n) is 3.08. The van der Waals surface area contributed by atoms with Crippen LogP contribution in [0.1, 0.15) is 5.56 Å². The molecule has 136 valence electrons. The maximum Gasteiger partial charge on any atom is 0.281 e. The normalized spacial score (nSPS) is 16.4. The van der Waals surface area contributed by atoms with Gasteiger partial charge in [0, 0.05) is 19.3 Å². The molecule has 1 aromatic carbocycles. The number of halogens is 1. The molecule has 0 N–H and O–H groups in total. The lowest BCUT2D eigenvalue weighted by Gasteiger charge is -2.26. The van der Waals surface area contributed by atoms with Crippen molar-refractivity contribution < 1.29 is 13.2 Å². The average molecular weight is 394 g/mol. The van der Waals surface area contributed by atoms with Crippen molar-refractivity contribution in [3.63, 3.8) is 0 Å². The molecule has 4 rings (SSSR count). The number of nitrogens with zero attached hydrogens (tertiary/aromatic N) is 3. The minimum absolute atomic E-state index is 0.0731. The van der Waals surface area contributed by atoms with Crippen LogP contribution in [0.2, 0.25) is 5.02 Å². The van der Waals surface area contributed by atoms with E-state index in [1.807, 2.05) is 13.0 Å². The van der Waals surface area contributed by atoms with Crippen LogP contribution in [0.15, 0.2) is 40.2 Å². The first-order valence-corrected chi connectivity index (χ1v) is 9.90. The second-order valence-corrected chi connectivity index (χ2v) is 8.48. The molecule has 3 heterocycles. The van der Waals surface area contributed by atoms with Crippen molar-refractivity contribution in [3.05, 3.63) is 51.4 Å². The highest BCUT2D eigenvalue weighted by molar-refractivity contribution is 7.89. The van der Waals surface area contributed by atoms with Crippen LogP contribution in [0.4, 0.5) is 0 Å². The zero-order valence-corrected chi connectivity index (χ0v) is 15.5. The van der Waals surface area contributed by atoms with Crippen molar-refractivity contribution in [1.82, 2.24) is 13.7 Å². The summed E-state index contributed by atoms with van der Waals surface area (Å²) in [5, 5.41) is 0.284. The smallest absolute Gasteiger partial charge is 0.281 e. The van der Waals surface area contributed by atoms with E-state index < -0.39 is 15.6 Å². The highest BCUT2D eigenvalue weighted by atomic mass is 35.5. The Bertz CT molecular complexity index is 1180. The number of benzene rings is 1. The number of hydrogen-bond donors (Lipinski definition) is 0. The van der Waals surface area contributed by atoms with Crippen LogP contribution in [0.3, 0.4) is 0 Å². The number of aryl methyl sites for hydroxylation is 1. The van der Waals surface area contributed by atoms with Crippen LogP contribution >= 0.6 is 11.6 Å². The fourth-order valence-corrected chi connectivity index (χ4v) is 5.01. The first kappa shape index (κ1) is 17.4. The van der Waals surface area contributed by atoms with Gasteiger partial charge in [0.15, 0.2) is 0 Å². The molecular weight excluding hydrogens is 378 g/mol. The van der Waals surface area contributed by atoms with Gasteiger partial charge in [-0.1, -0.05) is 11.6 Å². The Labute approximate surface area is 154 Å². The first-order valence-electron chi connectivity index (χ1n) is 8.08. The Morgan fingerprint density at radius 1 is 1.19 bits per heavy atom. The van der Waals surface area contributed by atoms with Gasteiger partial charge in [0.2, 0.25) is 10.0 Å². The van der Waals surface area contributed by atoms with Crippen LogP contribution in [-0.4, -0.2) is 48.4 Å². The molecule has 0 aliphatic carbocycles. The van der Waals surface area contributed by atoms with Gasteiger partial charge in [-0.3, -0.25) is 4.79 Å². The van der Waals surface area contributed by atoms with Gasteiger partial charge in [-0.2, -0.15) is 9.29 Å². The first-order chi connectivity index (χ1) is 12.4. The van der Waals surface area contributed by atoms with E-state index in [9.17, 15) is 13.2 Å². The summed E-state index contributed by atoms with van der Waals surface area (Å²) in [4.78, 5) is 16.5. The second-order valence-electron chi connectivity index (χ2n) is 6.17. The highest BCUT2D eigenvalue weighted by Gasteiger charge is 2.29. The molecule has 9 heteroatoms. The van der Waals surface area contributed by atoms with Gasteiger partial charge in [-0.15, -0.1) is 0 Å². The van der Waals surface area contributed by atoms with Gasteiger partial charge in [0.1, 0.15) is 10.5 Å². The summed E-state index contributed by atoms with van der Waals surface area (Å²) in [6, 6.07) is 6.50. The summed E-state index contributed by atoms with van der Waals surface area (Å²) >= 11 is 6.32. The van der Waals surface area contributed by atoms with E-state index in [0.29, 0.717) is 24.4 Å². The number of fused-ring (bicyclic) bond motifs is 3. The van der Waals surface area contributed by atoms with Crippen LogP contribution in [0.25, 0.3) is 16.6 Å². The number of sulfonamides is 1. The predicted molar refractivity (Wildman–Crippen MR) is 98.3 cm³/mol. The van der Waals surface area contributed by atoms with Crippen molar-refractivity contribution in [2.45, 2.75) is 11.8 Å². The molecule has 1 saturated heterocycles. The Kier molecular flexibility index (Phi) is 4.23. The SMILES string of the molecule is Cc1ccn2c(c1)nc(=O)c1cc(S(=O)(=O)N3CCOCC3)c(Cl)cc12. The summed E-state index contributed by atoms with van der Waals surface area (Å²) in [6.45, 7) is 3.08. The van der Waals surface area contributed by atoms with Gasteiger partial charge in [0.05, 0.1) is 29.1 Å². The molecule has 1 fully saturated rings. The van der Waals surface area contributed by atoms with Crippen molar-refractivity contribution in [3.8, 4) is 0 Å². The third kappa shape index (κ3) is 2.79. The minimum atomic E-state index is -3.82. The third-order valence-electron chi connectivity index (χ3n) is 4.43. The standard InChI is InChI=1S/C17H16ClN3O4S/c1-11-2-3-21-14-10-13(18)15(9-12(14)17(22)19-16(21)8-11)26(23,24)20-4-6-25-7-5-20/h2-3,8-10H,4-7H2,1H3. The summed E-state index contributed by atoms with van der Waals surface area (Å²) in [5.41, 5.74) is 1.49. The average Bonchev–Trinajstić information content (AvgIpc) is 2.61. The van der Waals surface area contributed by atoms with E-state index in [2.05, 4.69) is 4.98 Å². The van der Waals surface area contributed by atoms with E-state index >= 15 is 0 Å². The molecule has 26 heavy (non-hydrogen) atoms. The Hall–Kier alpha value is -2.00. The third-order valence-corrected chi connectivity index (χ3v) is 6.80. The van der Waals surface area contributed by atoms with Crippen molar-refractivity contribution in [2.75, 3.05) is 26.3 Å². The molecule has 0 amide bonds. The summed E-state index contributed by atoms with van der Waals surface area (Å²) in [5.74, 6) is 0. The number of hydrogen-bond acceptors (Lipinski definition) is 5. The lowest BCUT2D eigenvalue weighted by molar-refractivity contribution is 0.0730. The maximum absolute atomic E-state index is 12.9. The van der Waals surface area contributed by atoms with Gasteiger partial charge < -0.3 is 9.14 Å². The molecule has 0 bridgehead atoms. The van der Waals surface area contributed by atoms with Crippen LogP contribution in [0, 0.1) is 6.92 Å². The molecule has 0 spiro atoms. The van der Waals surface area contributed by atoms with Gasteiger partial charge in [0.25, 0.3) is 5.56 Å². The predicted octanol–water partition coefficient (Wildman–Crippen LogP) is 1.83.